The van der Waals surface area contributed by atoms with Gasteiger partial charge >= 0.3 is 0 Å². The number of benzene rings is 1. The molecule has 0 atom stereocenters. The lowest BCUT2D eigenvalue weighted by atomic mass is 9.85. The Morgan fingerprint density at radius 1 is 1.06 bits per heavy atom. The first-order valence-electron chi connectivity index (χ1n) is 12.4. The van der Waals surface area contributed by atoms with Crippen LogP contribution in [0.15, 0.2) is 17.0 Å². The minimum Gasteiger partial charge on any atom is -0.340 e. The zero-order chi connectivity index (χ0) is 24.6. The first kappa shape index (κ1) is 25.1. The highest BCUT2D eigenvalue weighted by Crippen LogP contribution is 2.40. The molecule has 0 unspecified atom stereocenters. The minimum absolute atomic E-state index is 0.0126. The molecule has 3 aliphatic rings. The summed E-state index contributed by atoms with van der Waals surface area (Å²) in [5.41, 5.74) is -0.0544. The van der Waals surface area contributed by atoms with Crippen LogP contribution in [-0.2, 0) is 14.8 Å². The number of carbonyl (C=O) groups excluding carboxylic acids is 1. The van der Waals surface area contributed by atoms with Crippen molar-refractivity contribution >= 4 is 15.9 Å². The quantitative estimate of drug-likeness (QED) is 0.611. The van der Waals surface area contributed by atoms with E-state index in [0.29, 0.717) is 31.7 Å². The maximum Gasteiger partial charge on any atom is 0.243 e. The molecule has 0 radical (unpaired) electrons. The Morgan fingerprint density at radius 3 is 2.12 bits per heavy atom. The van der Waals surface area contributed by atoms with Gasteiger partial charge in [-0.15, -0.1) is 0 Å². The van der Waals surface area contributed by atoms with Gasteiger partial charge in [-0.2, -0.15) is 9.57 Å². The smallest absolute Gasteiger partial charge is 0.243 e. The topological polar surface area (TPSA) is 84.7 Å². The first-order valence-corrected chi connectivity index (χ1v) is 13.8. The summed E-state index contributed by atoms with van der Waals surface area (Å²) in [6.07, 6.45) is 4.26. The molecule has 1 aromatic carbocycles. The molecular formula is C25H35FN4O3S. The number of amides is 1. The highest BCUT2D eigenvalue weighted by Gasteiger charge is 2.45. The van der Waals surface area contributed by atoms with Gasteiger partial charge < -0.3 is 4.90 Å². The van der Waals surface area contributed by atoms with E-state index < -0.39 is 15.8 Å². The number of rotatable bonds is 6. The van der Waals surface area contributed by atoms with Crippen molar-refractivity contribution in [1.82, 2.24) is 14.1 Å². The van der Waals surface area contributed by atoms with Crippen molar-refractivity contribution in [2.45, 2.75) is 82.3 Å². The molecule has 9 heteroatoms. The molecule has 1 aromatic rings. The molecule has 0 bridgehead atoms. The van der Waals surface area contributed by atoms with Gasteiger partial charge in [-0.1, -0.05) is 0 Å². The van der Waals surface area contributed by atoms with Crippen LogP contribution in [0.1, 0.15) is 63.5 Å². The molecule has 0 N–H and O–H groups in total. The average Bonchev–Trinajstić information content (AvgIpc) is 3.64. The van der Waals surface area contributed by atoms with Gasteiger partial charge in [-0.3, -0.25) is 9.69 Å². The Kier molecular flexibility index (Phi) is 7.32. The molecule has 0 aromatic heterocycles. The molecule has 34 heavy (non-hydrogen) atoms. The molecule has 1 amide bonds. The van der Waals surface area contributed by atoms with Gasteiger partial charge in [0, 0.05) is 50.2 Å². The van der Waals surface area contributed by atoms with E-state index in [4.69, 9.17) is 0 Å². The fraction of sp³-hybridized carbons (Fsp3) is 0.680. The predicted octanol–water partition coefficient (Wildman–Crippen LogP) is 3.27. The van der Waals surface area contributed by atoms with Crippen molar-refractivity contribution in [3.63, 3.8) is 0 Å². The van der Waals surface area contributed by atoms with Crippen LogP contribution < -0.4 is 0 Å². The normalized spacial score (nSPS) is 24.4. The van der Waals surface area contributed by atoms with Crippen molar-refractivity contribution in [1.29, 1.82) is 5.26 Å². The van der Waals surface area contributed by atoms with E-state index in [1.807, 2.05) is 4.90 Å². The summed E-state index contributed by atoms with van der Waals surface area (Å²) < 4.78 is 43.0. The van der Waals surface area contributed by atoms with Crippen LogP contribution in [0.25, 0.3) is 0 Å². The van der Waals surface area contributed by atoms with Crippen molar-refractivity contribution in [3.8, 4) is 6.07 Å². The summed E-state index contributed by atoms with van der Waals surface area (Å²) >= 11 is 0. The molecule has 0 spiro atoms. The monoisotopic (exact) mass is 490 g/mol. The number of halogens is 1. The lowest BCUT2D eigenvalue weighted by Crippen LogP contribution is -2.52. The van der Waals surface area contributed by atoms with E-state index in [-0.39, 0.29) is 39.9 Å². The Bertz CT molecular complexity index is 1060. The number of hydrogen-bond donors (Lipinski definition) is 0. The van der Waals surface area contributed by atoms with Gasteiger partial charge in [0.25, 0.3) is 0 Å². The zero-order valence-corrected chi connectivity index (χ0v) is 21.2. The average molecular weight is 491 g/mol. The van der Waals surface area contributed by atoms with E-state index in [1.54, 1.807) is 10.4 Å². The lowest BCUT2D eigenvalue weighted by molar-refractivity contribution is -0.138. The number of sulfonamides is 1. The minimum atomic E-state index is -3.88. The molecule has 7 nitrogen and oxygen atoms in total. The number of hydrogen-bond acceptors (Lipinski definition) is 5. The molecule has 3 fully saturated rings. The fourth-order valence-corrected chi connectivity index (χ4v) is 7.67. The van der Waals surface area contributed by atoms with E-state index >= 15 is 0 Å². The summed E-state index contributed by atoms with van der Waals surface area (Å²) in [6, 6.07) is 4.40. The molecule has 186 valence electrons. The number of piperazine rings is 1. The molecular weight excluding hydrogens is 455 g/mol. The number of carbonyl (C=O) groups is 1. The van der Waals surface area contributed by atoms with Gasteiger partial charge in [-0.25, -0.2) is 12.8 Å². The summed E-state index contributed by atoms with van der Waals surface area (Å²) in [5.74, 6) is -0.552. The molecule has 4 rings (SSSR count). The van der Waals surface area contributed by atoms with Gasteiger partial charge in [0.2, 0.25) is 15.9 Å². The van der Waals surface area contributed by atoms with Gasteiger partial charge in [0.15, 0.2) is 0 Å². The second kappa shape index (κ2) is 9.92. The van der Waals surface area contributed by atoms with Crippen LogP contribution >= 0.6 is 0 Å². The summed E-state index contributed by atoms with van der Waals surface area (Å²) in [6.45, 7) is 9.14. The summed E-state index contributed by atoms with van der Waals surface area (Å²) in [5, 5.41) is 9.29. The summed E-state index contributed by atoms with van der Waals surface area (Å²) in [7, 11) is -3.88. The van der Waals surface area contributed by atoms with Crippen LogP contribution in [0.3, 0.4) is 0 Å². The molecule has 1 aliphatic heterocycles. The third kappa shape index (κ3) is 4.86. The Hall–Kier alpha value is -2.02. The largest absolute Gasteiger partial charge is 0.340 e. The highest BCUT2D eigenvalue weighted by atomic mass is 32.2. The van der Waals surface area contributed by atoms with E-state index in [2.05, 4.69) is 18.7 Å². The van der Waals surface area contributed by atoms with Gasteiger partial charge in [0.1, 0.15) is 11.9 Å². The van der Waals surface area contributed by atoms with Crippen molar-refractivity contribution in [2.24, 2.45) is 5.92 Å². The second-order valence-electron chi connectivity index (χ2n) is 10.2. The number of nitriles is 1. The second-order valence-corrected chi connectivity index (χ2v) is 12.0. The predicted molar refractivity (Wildman–Crippen MR) is 127 cm³/mol. The van der Waals surface area contributed by atoms with Gasteiger partial charge in [0.05, 0.1) is 10.5 Å². The van der Waals surface area contributed by atoms with E-state index in [1.165, 1.54) is 13.0 Å². The van der Waals surface area contributed by atoms with Crippen molar-refractivity contribution in [3.05, 3.63) is 29.1 Å². The van der Waals surface area contributed by atoms with E-state index in [0.717, 1.165) is 45.1 Å². The third-order valence-electron chi connectivity index (χ3n) is 7.70. The third-order valence-corrected chi connectivity index (χ3v) is 9.85. The first-order chi connectivity index (χ1) is 16.1. The van der Waals surface area contributed by atoms with E-state index in [9.17, 15) is 22.9 Å². The molecule has 2 aliphatic carbocycles. The lowest BCUT2D eigenvalue weighted by Gasteiger charge is -2.40. The molecule has 2 saturated carbocycles. The van der Waals surface area contributed by atoms with Crippen LogP contribution in [0.4, 0.5) is 4.39 Å². The summed E-state index contributed by atoms with van der Waals surface area (Å²) in [4.78, 5) is 17.5. The van der Waals surface area contributed by atoms with Crippen molar-refractivity contribution < 1.29 is 17.6 Å². The SMILES string of the molecule is Cc1c(S(=O)(=O)N(C2CCC(C(=O)N3CCN(C(C)C)CC3)CC2)C2CC2)ccc(F)c1C#N. The van der Waals surface area contributed by atoms with Crippen molar-refractivity contribution in [2.75, 3.05) is 26.2 Å². The van der Waals surface area contributed by atoms with Crippen LogP contribution in [0.2, 0.25) is 0 Å². The maximum absolute atomic E-state index is 14.0. The molecule has 1 heterocycles. The Morgan fingerprint density at radius 2 is 1.62 bits per heavy atom. The zero-order valence-electron chi connectivity index (χ0n) is 20.3. The fourth-order valence-electron chi connectivity index (χ4n) is 5.50. The molecule has 1 saturated heterocycles. The standard InChI is InChI=1S/C25H35FN4O3S/c1-17(2)28-12-14-29(15-13-28)25(31)19-4-6-20(7-5-19)30(21-8-9-21)34(32,33)24-11-10-23(26)22(16-27)18(24)3/h10-11,17,19-21H,4-9,12-15H2,1-3H3. The van der Waals surface area contributed by atoms with Crippen LogP contribution in [0.5, 0.6) is 0 Å². The Labute approximate surface area is 202 Å². The number of nitrogens with zero attached hydrogens (tertiary/aromatic N) is 4. The maximum atomic E-state index is 14.0. The highest BCUT2D eigenvalue weighted by molar-refractivity contribution is 7.89. The Balaban J connectivity index is 1.45. The van der Waals surface area contributed by atoms with Gasteiger partial charge in [-0.05, 0) is 77.0 Å². The van der Waals surface area contributed by atoms with Crippen LogP contribution in [-0.4, -0.2) is 72.7 Å². The van der Waals surface area contributed by atoms with Crippen LogP contribution in [0, 0.1) is 30.0 Å².